The van der Waals surface area contributed by atoms with E-state index in [4.69, 9.17) is 0 Å². The highest BCUT2D eigenvalue weighted by atomic mass is 19.1. The summed E-state index contributed by atoms with van der Waals surface area (Å²) in [4.78, 5) is 2.44. The van der Waals surface area contributed by atoms with E-state index in [1.807, 2.05) is 12.1 Å². The smallest absolute Gasteiger partial charge is 0.123 e. The van der Waals surface area contributed by atoms with Crippen LogP contribution in [0.25, 0.3) is 0 Å². The van der Waals surface area contributed by atoms with Crippen molar-refractivity contribution in [2.75, 3.05) is 26.2 Å². The number of nitrogens with zero attached hydrogens (tertiary/aromatic N) is 1. The van der Waals surface area contributed by atoms with E-state index < -0.39 is 0 Å². The minimum absolute atomic E-state index is 0.169. The molecular formula is C15H25FN2. The molecule has 1 aromatic rings. The molecule has 1 rings (SSSR count). The van der Waals surface area contributed by atoms with Crippen LogP contribution in [-0.2, 0) is 6.54 Å². The Kier molecular flexibility index (Phi) is 7.62. The van der Waals surface area contributed by atoms with Gasteiger partial charge in [0.1, 0.15) is 5.82 Å². The molecule has 2 nitrogen and oxygen atoms in total. The average Bonchev–Trinajstić information content (AvgIpc) is 2.40. The van der Waals surface area contributed by atoms with E-state index >= 15 is 0 Å². The molecule has 0 spiro atoms. The van der Waals surface area contributed by atoms with Crippen molar-refractivity contribution < 1.29 is 4.39 Å². The number of unbranched alkanes of at least 4 members (excludes halogenated alkanes) is 1. The van der Waals surface area contributed by atoms with E-state index in [0.717, 1.165) is 31.7 Å². The maximum absolute atomic E-state index is 12.7. The second-order valence-corrected chi connectivity index (χ2v) is 4.54. The van der Waals surface area contributed by atoms with Crippen LogP contribution >= 0.6 is 0 Å². The zero-order valence-electron chi connectivity index (χ0n) is 11.6. The fraction of sp³-hybridized carbons (Fsp3) is 0.600. The summed E-state index contributed by atoms with van der Waals surface area (Å²) in [6.07, 6.45) is 2.43. The SMILES string of the molecule is CCN(CC)CCCCNCc1ccc(F)cc1. The molecule has 0 unspecified atom stereocenters. The van der Waals surface area contributed by atoms with Crippen LogP contribution in [0.4, 0.5) is 4.39 Å². The first kappa shape index (κ1) is 15.1. The number of hydrogen-bond donors (Lipinski definition) is 1. The van der Waals surface area contributed by atoms with Crippen LogP contribution in [-0.4, -0.2) is 31.1 Å². The topological polar surface area (TPSA) is 15.3 Å². The summed E-state index contributed by atoms with van der Waals surface area (Å²) in [5, 5.41) is 3.39. The Balaban J connectivity index is 2.03. The van der Waals surface area contributed by atoms with Gasteiger partial charge in [-0.05, 0) is 56.7 Å². The Morgan fingerprint density at radius 1 is 1.06 bits per heavy atom. The highest BCUT2D eigenvalue weighted by Gasteiger charge is 1.98. The van der Waals surface area contributed by atoms with E-state index in [1.165, 1.54) is 31.5 Å². The molecule has 0 amide bonds. The van der Waals surface area contributed by atoms with Gasteiger partial charge in [0.05, 0.1) is 0 Å². The summed E-state index contributed by atoms with van der Waals surface area (Å²) in [6.45, 7) is 9.72. The van der Waals surface area contributed by atoms with Gasteiger partial charge in [-0.2, -0.15) is 0 Å². The van der Waals surface area contributed by atoms with E-state index in [2.05, 4.69) is 24.1 Å². The predicted molar refractivity (Wildman–Crippen MR) is 75.1 cm³/mol. The van der Waals surface area contributed by atoms with Gasteiger partial charge in [0.2, 0.25) is 0 Å². The minimum Gasteiger partial charge on any atom is -0.313 e. The number of rotatable bonds is 9. The molecule has 0 saturated heterocycles. The summed E-state index contributed by atoms with van der Waals surface area (Å²) < 4.78 is 12.7. The zero-order valence-corrected chi connectivity index (χ0v) is 11.6. The molecule has 102 valence electrons. The third kappa shape index (κ3) is 6.12. The fourth-order valence-electron chi connectivity index (χ4n) is 1.96. The molecular weight excluding hydrogens is 227 g/mol. The monoisotopic (exact) mass is 252 g/mol. The molecule has 0 aliphatic carbocycles. The summed E-state index contributed by atoms with van der Waals surface area (Å²) >= 11 is 0. The van der Waals surface area contributed by atoms with E-state index in [9.17, 15) is 4.39 Å². The van der Waals surface area contributed by atoms with Crippen molar-refractivity contribution in [2.24, 2.45) is 0 Å². The molecule has 0 aliphatic heterocycles. The first-order chi connectivity index (χ1) is 8.76. The highest BCUT2D eigenvalue weighted by Crippen LogP contribution is 2.02. The average molecular weight is 252 g/mol. The largest absolute Gasteiger partial charge is 0.313 e. The lowest BCUT2D eigenvalue weighted by Crippen LogP contribution is -2.25. The lowest BCUT2D eigenvalue weighted by atomic mass is 10.2. The van der Waals surface area contributed by atoms with Crippen molar-refractivity contribution in [3.8, 4) is 0 Å². The molecule has 0 bridgehead atoms. The van der Waals surface area contributed by atoms with E-state index in [0.29, 0.717) is 0 Å². The maximum atomic E-state index is 12.7. The highest BCUT2D eigenvalue weighted by molar-refractivity contribution is 5.15. The molecule has 1 aromatic carbocycles. The standard InChI is InChI=1S/C15H25FN2/c1-3-18(4-2)12-6-5-11-17-13-14-7-9-15(16)10-8-14/h7-10,17H,3-6,11-13H2,1-2H3. The van der Waals surface area contributed by atoms with E-state index in [1.54, 1.807) is 0 Å². The van der Waals surface area contributed by atoms with Crippen molar-refractivity contribution in [1.29, 1.82) is 0 Å². The lowest BCUT2D eigenvalue weighted by molar-refractivity contribution is 0.296. The van der Waals surface area contributed by atoms with Crippen LogP contribution < -0.4 is 5.32 Å². The van der Waals surface area contributed by atoms with Crippen LogP contribution in [0, 0.1) is 5.82 Å². The normalized spacial score (nSPS) is 11.1. The number of nitrogens with one attached hydrogen (secondary N) is 1. The Bertz CT molecular complexity index is 307. The number of halogens is 1. The number of benzene rings is 1. The molecule has 3 heteroatoms. The molecule has 0 aromatic heterocycles. The summed E-state index contributed by atoms with van der Waals surface area (Å²) in [7, 11) is 0. The van der Waals surface area contributed by atoms with Crippen molar-refractivity contribution in [3.05, 3.63) is 35.6 Å². The zero-order chi connectivity index (χ0) is 13.2. The molecule has 0 aliphatic rings. The van der Waals surface area contributed by atoms with Gasteiger partial charge >= 0.3 is 0 Å². The second-order valence-electron chi connectivity index (χ2n) is 4.54. The van der Waals surface area contributed by atoms with Crippen LogP contribution in [0.1, 0.15) is 32.3 Å². The molecule has 0 atom stereocenters. The van der Waals surface area contributed by atoms with Gasteiger partial charge in [-0.1, -0.05) is 26.0 Å². The van der Waals surface area contributed by atoms with Gasteiger partial charge in [0, 0.05) is 6.54 Å². The fourth-order valence-corrected chi connectivity index (χ4v) is 1.96. The first-order valence-corrected chi connectivity index (χ1v) is 6.93. The second kappa shape index (κ2) is 9.06. The summed E-state index contributed by atoms with van der Waals surface area (Å²) in [5.41, 5.74) is 1.14. The molecule has 0 radical (unpaired) electrons. The third-order valence-corrected chi connectivity index (χ3v) is 3.21. The molecule has 0 fully saturated rings. The van der Waals surface area contributed by atoms with Gasteiger partial charge in [0.15, 0.2) is 0 Å². The van der Waals surface area contributed by atoms with Crippen molar-refractivity contribution in [2.45, 2.75) is 33.2 Å². The van der Waals surface area contributed by atoms with Gasteiger partial charge in [-0.25, -0.2) is 4.39 Å². The Morgan fingerprint density at radius 3 is 2.33 bits per heavy atom. The molecule has 1 N–H and O–H groups in total. The van der Waals surface area contributed by atoms with Crippen LogP contribution in [0.3, 0.4) is 0 Å². The predicted octanol–water partition coefficient (Wildman–Crippen LogP) is 3.04. The molecule has 0 heterocycles. The minimum atomic E-state index is -0.169. The summed E-state index contributed by atoms with van der Waals surface area (Å²) in [5.74, 6) is -0.169. The molecule has 0 saturated carbocycles. The summed E-state index contributed by atoms with van der Waals surface area (Å²) in [6, 6.07) is 6.69. The van der Waals surface area contributed by atoms with Crippen molar-refractivity contribution >= 4 is 0 Å². The van der Waals surface area contributed by atoms with Gasteiger partial charge < -0.3 is 10.2 Å². The van der Waals surface area contributed by atoms with Crippen LogP contribution in [0.5, 0.6) is 0 Å². The van der Waals surface area contributed by atoms with Crippen LogP contribution in [0.2, 0.25) is 0 Å². The number of hydrogen-bond acceptors (Lipinski definition) is 2. The van der Waals surface area contributed by atoms with Crippen LogP contribution in [0.15, 0.2) is 24.3 Å². The maximum Gasteiger partial charge on any atom is 0.123 e. The van der Waals surface area contributed by atoms with Gasteiger partial charge in [0.25, 0.3) is 0 Å². The quantitative estimate of drug-likeness (QED) is 0.680. The van der Waals surface area contributed by atoms with Crippen molar-refractivity contribution in [3.63, 3.8) is 0 Å². The van der Waals surface area contributed by atoms with Gasteiger partial charge in [-0.3, -0.25) is 0 Å². The van der Waals surface area contributed by atoms with Crippen molar-refractivity contribution in [1.82, 2.24) is 10.2 Å². The first-order valence-electron chi connectivity index (χ1n) is 6.93. The third-order valence-electron chi connectivity index (χ3n) is 3.21. The van der Waals surface area contributed by atoms with E-state index in [-0.39, 0.29) is 5.82 Å². The molecule has 18 heavy (non-hydrogen) atoms. The Labute approximate surface area is 110 Å². The lowest BCUT2D eigenvalue weighted by Gasteiger charge is -2.17. The Morgan fingerprint density at radius 2 is 1.72 bits per heavy atom. The van der Waals surface area contributed by atoms with Gasteiger partial charge in [-0.15, -0.1) is 0 Å². The Hall–Kier alpha value is -0.930.